The number of ether oxygens (including phenoxy) is 1. The summed E-state index contributed by atoms with van der Waals surface area (Å²) in [5, 5.41) is 2.68. The first-order valence-corrected chi connectivity index (χ1v) is 2.90. The molecule has 0 aromatic carbocycles. The second-order valence-corrected chi connectivity index (χ2v) is 1.65. The minimum Gasteiger partial charge on any atom is -0.439 e. The number of carbonyl (C=O) groups excluding carboxylic acids is 1. The molecule has 3 heteroatoms. The molecule has 0 aromatic rings. The van der Waals surface area contributed by atoms with Gasteiger partial charge in [0.15, 0.2) is 6.23 Å². The third-order valence-corrected chi connectivity index (χ3v) is 0.812. The van der Waals surface area contributed by atoms with Crippen LogP contribution in [0.25, 0.3) is 0 Å². The van der Waals surface area contributed by atoms with Crippen LogP contribution in [-0.4, -0.2) is 12.2 Å². The van der Waals surface area contributed by atoms with Crippen LogP contribution in [0.3, 0.4) is 0 Å². The summed E-state index contributed by atoms with van der Waals surface area (Å²) in [7, 11) is 0. The van der Waals surface area contributed by atoms with E-state index in [1.807, 2.05) is 0 Å². The van der Waals surface area contributed by atoms with Crippen LogP contribution in [-0.2, 0) is 9.53 Å². The van der Waals surface area contributed by atoms with E-state index in [0.717, 1.165) is 6.08 Å². The van der Waals surface area contributed by atoms with Gasteiger partial charge in [0.2, 0.25) is 0 Å². The van der Waals surface area contributed by atoms with Crippen molar-refractivity contribution in [3.8, 4) is 0 Å². The van der Waals surface area contributed by atoms with Crippen molar-refractivity contribution in [3.63, 3.8) is 0 Å². The highest BCUT2D eigenvalue weighted by Gasteiger charge is 2.00. The fraction of sp³-hybridized carbons (Fsp3) is 0.286. The summed E-state index contributed by atoms with van der Waals surface area (Å²) in [4.78, 5) is 10.5. The van der Waals surface area contributed by atoms with Gasteiger partial charge in [0.05, 0.1) is 0 Å². The lowest BCUT2D eigenvalue weighted by molar-refractivity contribution is -0.142. The van der Waals surface area contributed by atoms with Gasteiger partial charge in [-0.3, -0.25) is 0 Å². The van der Waals surface area contributed by atoms with Crippen LogP contribution in [0.5, 0.6) is 0 Å². The zero-order valence-corrected chi connectivity index (χ0v) is 5.96. The fourth-order valence-electron chi connectivity index (χ4n) is 0.422. The molecule has 0 saturated heterocycles. The third-order valence-electron chi connectivity index (χ3n) is 0.812. The molecule has 0 rings (SSSR count). The van der Waals surface area contributed by atoms with Gasteiger partial charge in [0.25, 0.3) is 0 Å². The first-order valence-electron chi connectivity index (χ1n) is 2.90. The van der Waals surface area contributed by atoms with E-state index in [-0.39, 0.29) is 6.23 Å². The van der Waals surface area contributed by atoms with Gasteiger partial charge in [-0.1, -0.05) is 13.2 Å². The molecule has 1 unspecified atom stereocenters. The average molecular weight is 141 g/mol. The molecule has 10 heavy (non-hydrogen) atoms. The van der Waals surface area contributed by atoms with Crippen molar-refractivity contribution in [2.45, 2.75) is 13.2 Å². The van der Waals surface area contributed by atoms with Gasteiger partial charge < -0.3 is 10.1 Å². The average Bonchev–Trinajstić information content (AvgIpc) is 1.88. The Morgan fingerprint density at radius 2 is 2.30 bits per heavy atom. The summed E-state index contributed by atoms with van der Waals surface area (Å²) in [5.41, 5.74) is 0. The second kappa shape index (κ2) is 4.61. The van der Waals surface area contributed by atoms with Crippen molar-refractivity contribution in [2.75, 3.05) is 0 Å². The van der Waals surface area contributed by atoms with Gasteiger partial charge in [0, 0.05) is 6.08 Å². The SMILES string of the molecule is C=CNC(C)OC(=O)C=C. The Kier molecular flexibility index (Phi) is 4.04. The summed E-state index contributed by atoms with van der Waals surface area (Å²) in [6.45, 7) is 8.35. The van der Waals surface area contributed by atoms with Gasteiger partial charge in [-0.05, 0) is 13.1 Å². The Hall–Kier alpha value is -1.25. The Morgan fingerprint density at radius 3 is 2.70 bits per heavy atom. The Balaban J connectivity index is 3.55. The van der Waals surface area contributed by atoms with Gasteiger partial charge in [-0.15, -0.1) is 0 Å². The summed E-state index contributed by atoms with van der Waals surface area (Å²) >= 11 is 0. The second-order valence-electron chi connectivity index (χ2n) is 1.65. The van der Waals surface area contributed by atoms with E-state index in [9.17, 15) is 4.79 Å². The van der Waals surface area contributed by atoms with Crippen molar-refractivity contribution in [3.05, 3.63) is 25.4 Å². The number of hydrogen-bond donors (Lipinski definition) is 1. The van der Waals surface area contributed by atoms with Crippen molar-refractivity contribution < 1.29 is 9.53 Å². The van der Waals surface area contributed by atoms with Crippen molar-refractivity contribution in [1.29, 1.82) is 0 Å². The summed E-state index contributed by atoms with van der Waals surface area (Å²) in [6.07, 6.45) is 2.23. The zero-order chi connectivity index (χ0) is 7.98. The highest BCUT2D eigenvalue weighted by atomic mass is 16.6. The Bertz CT molecular complexity index is 143. The lowest BCUT2D eigenvalue weighted by Gasteiger charge is -2.10. The standard InChI is InChI=1S/C7H11NO2/c1-4-7(9)10-6(3)8-5-2/h4-6,8H,1-2H2,3H3. The molecule has 0 amide bonds. The number of carbonyl (C=O) groups is 1. The van der Waals surface area contributed by atoms with E-state index in [1.54, 1.807) is 6.92 Å². The Labute approximate surface area is 60.4 Å². The van der Waals surface area contributed by atoms with E-state index in [4.69, 9.17) is 4.74 Å². The van der Waals surface area contributed by atoms with Crippen LogP contribution < -0.4 is 5.32 Å². The summed E-state index contributed by atoms with van der Waals surface area (Å²) in [6, 6.07) is 0. The zero-order valence-electron chi connectivity index (χ0n) is 5.96. The predicted molar refractivity (Wildman–Crippen MR) is 39.1 cm³/mol. The molecule has 0 saturated carbocycles. The molecule has 56 valence electrons. The maximum Gasteiger partial charge on any atom is 0.332 e. The first kappa shape index (κ1) is 8.75. The summed E-state index contributed by atoms with van der Waals surface area (Å²) in [5.74, 6) is -0.443. The molecule has 0 heterocycles. The van der Waals surface area contributed by atoms with Crippen LogP contribution in [0, 0.1) is 0 Å². The monoisotopic (exact) mass is 141 g/mol. The van der Waals surface area contributed by atoms with Crippen molar-refractivity contribution in [2.24, 2.45) is 0 Å². The maximum atomic E-state index is 10.5. The molecule has 0 bridgehead atoms. The van der Waals surface area contributed by atoms with E-state index >= 15 is 0 Å². The minimum atomic E-state index is -0.443. The van der Waals surface area contributed by atoms with Crippen molar-refractivity contribution in [1.82, 2.24) is 5.32 Å². The molecule has 0 radical (unpaired) electrons. The molecule has 0 aromatic heterocycles. The van der Waals surface area contributed by atoms with Crippen LogP contribution in [0.1, 0.15) is 6.92 Å². The molecule has 0 aliphatic carbocycles. The lowest BCUT2D eigenvalue weighted by Crippen LogP contribution is -2.25. The molecule has 0 aliphatic rings. The molecule has 0 spiro atoms. The maximum absolute atomic E-state index is 10.5. The van der Waals surface area contributed by atoms with Gasteiger partial charge in [0.1, 0.15) is 0 Å². The van der Waals surface area contributed by atoms with Crippen LogP contribution in [0.15, 0.2) is 25.4 Å². The summed E-state index contributed by atoms with van der Waals surface area (Å²) < 4.78 is 4.70. The van der Waals surface area contributed by atoms with E-state index < -0.39 is 5.97 Å². The normalized spacial score (nSPS) is 11.3. The molecular weight excluding hydrogens is 130 g/mol. The molecule has 1 N–H and O–H groups in total. The molecular formula is C7H11NO2. The predicted octanol–water partition coefficient (Wildman–Crippen LogP) is 0.795. The van der Waals surface area contributed by atoms with Crippen molar-refractivity contribution >= 4 is 5.97 Å². The highest BCUT2D eigenvalue weighted by molar-refractivity contribution is 5.81. The highest BCUT2D eigenvalue weighted by Crippen LogP contribution is 1.86. The van der Waals surface area contributed by atoms with E-state index in [0.29, 0.717) is 0 Å². The van der Waals surface area contributed by atoms with Crippen LogP contribution in [0.2, 0.25) is 0 Å². The first-order chi connectivity index (χ1) is 4.70. The van der Waals surface area contributed by atoms with Gasteiger partial charge in [-0.25, -0.2) is 4.79 Å². The topological polar surface area (TPSA) is 38.3 Å². The van der Waals surface area contributed by atoms with Crippen LogP contribution in [0.4, 0.5) is 0 Å². The number of esters is 1. The number of nitrogens with one attached hydrogen (secondary N) is 1. The quantitative estimate of drug-likeness (QED) is 0.357. The largest absolute Gasteiger partial charge is 0.439 e. The van der Waals surface area contributed by atoms with Gasteiger partial charge in [-0.2, -0.15) is 0 Å². The lowest BCUT2D eigenvalue weighted by atomic mass is 10.6. The molecule has 3 nitrogen and oxygen atoms in total. The minimum absolute atomic E-state index is 0.344. The smallest absolute Gasteiger partial charge is 0.332 e. The number of hydrogen-bond acceptors (Lipinski definition) is 3. The Morgan fingerprint density at radius 1 is 1.70 bits per heavy atom. The molecule has 0 aliphatic heterocycles. The van der Waals surface area contributed by atoms with E-state index in [1.165, 1.54) is 6.20 Å². The third kappa shape index (κ3) is 3.72. The number of rotatable bonds is 4. The molecule has 0 fully saturated rings. The van der Waals surface area contributed by atoms with Crippen LogP contribution >= 0.6 is 0 Å². The van der Waals surface area contributed by atoms with Gasteiger partial charge >= 0.3 is 5.97 Å². The fourth-order valence-corrected chi connectivity index (χ4v) is 0.422. The molecule has 1 atom stereocenters. The van der Waals surface area contributed by atoms with E-state index in [2.05, 4.69) is 18.5 Å².